The van der Waals surface area contributed by atoms with E-state index in [0.717, 1.165) is 57.3 Å². The van der Waals surface area contributed by atoms with Crippen molar-refractivity contribution in [2.45, 2.75) is 19.9 Å². The monoisotopic (exact) mass is 542 g/mol. The molecule has 0 saturated carbocycles. The summed E-state index contributed by atoms with van der Waals surface area (Å²) in [6, 6.07) is 9.58. The van der Waals surface area contributed by atoms with Gasteiger partial charge in [-0.25, -0.2) is 0 Å². The lowest BCUT2D eigenvalue weighted by Gasteiger charge is -2.36. The second kappa shape index (κ2) is 13.2. The Balaban J connectivity index is 0.00000341. The summed E-state index contributed by atoms with van der Waals surface area (Å²) >= 11 is 0. The van der Waals surface area contributed by atoms with Gasteiger partial charge in [0.25, 0.3) is 5.91 Å². The summed E-state index contributed by atoms with van der Waals surface area (Å²) in [6.45, 7) is 8.10. The second-order valence-electron chi connectivity index (χ2n) is 7.14. The number of nitrogens with one attached hydrogen (secondary N) is 1. The predicted octanol–water partition coefficient (Wildman–Crippen LogP) is 1.48. The van der Waals surface area contributed by atoms with Gasteiger partial charge in [-0.2, -0.15) is 0 Å². The van der Waals surface area contributed by atoms with E-state index in [2.05, 4.69) is 27.2 Å². The van der Waals surface area contributed by atoms with E-state index >= 15 is 0 Å². The van der Waals surface area contributed by atoms with Gasteiger partial charge in [0, 0.05) is 51.9 Å². The number of ether oxygens (including phenoxy) is 1. The Morgan fingerprint density at radius 1 is 1.23 bits per heavy atom. The molecule has 10 heteroatoms. The van der Waals surface area contributed by atoms with Crippen molar-refractivity contribution in [1.29, 1.82) is 0 Å². The highest BCUT2D eigenvalue weighted by atomic mass is 127. The van der Waals surface area contributed by atoms with Gasteiger partial charge in [0.15, 0.2) is 12.6 Å². The van der Waals surface area contributed by atoms with Crippen molar-refractivity contribution in [3.63, 3.8) is 0 Å². The maximum atomic E-state index is 10.8. The number of nitrogens with zero attached hydrogens (tertiary/aromatic N) is 4. The standard InChI is InChI=1S/C21H30N6O3.HI/c1-2-23-21(27-12-10-26(11-13-27)15-18-8-14-30-25-18)24-9-7-17-3-5-19(6-4-17)29-16-20(22)28;/h3-6,8,14H,2,7,9-13,15-16H2,1H3,(H2,22,28)(H,23,24);1H. The summed E-state index contributed by atoms with van der Waals surface area (Å²) in [5, 5.41) is 7.39. The van der Waals surface area contributed by atoms with Crippen molar-refractivity contribution >= 4 is 35.8 Å². The molecule has 1 aromatic heterocycles. The molecule has 1 aromatic carbocycles. The van der Waals surface area contributed by atoms with E-state index in [1.165, 1.54) is 5.56 Å². The third-order valence-electron chi connectivity index (χ3n) is 4.85. The van der Waals surface area contributed by atoms with Crippen LogP contribution < -0.4 is 15.8 Å². The topological polar surface area (TPSA) is 109 Å². The number of guanidine groups is 1. The normalized spacial score (nSPS) is 14.7. The molecular formula is C21H31IN6O3. The highest BCUT2D eigenvalue weighted by molar-refractivity contribution is 14.0. The van der Waals surface area contributed by atoms with Crippen LogP contribution in [0.1, 0.15) is 18.2 Å². The number of amides is 1. The summed E-state index contributed by atoms with van der Waals surface area (Å²) in [6.07, 6.45) is 2.44. The molecule has 0 spiro atoms. The molecule has 3 N–H and O–H groups in total. The molecule has 0 atom stereocenters. The van der Waals surface area contributed by atoms with Crippen molar-refractivity contribution in [2.24, 2.45) is 10.7 Å². The summed E-state index contributed by atoms with van der Waals surface area (Å²) < 4.78 is 10.2. The van der Waals surface area contributed by atoms with Crippen molar-refractivity contribution in [3.05, 3.63) is 47.9 Å². The van der Waals surface area contributed by atoms with Crippen LogP contribution in [0.15, 0.2) is 46.1 Å². The van der Waals surface area contributed by atoms with Gasteiger partial charge in [-0.15, -0.1) is 24.0 Å². The van der Waals surface area contributed by atoms with Crippen LogP contribution in [0.5, 0.6) is 5.75 Å². The Morgan fingerprint density at radius 2 is 1.97 bits per heavy atom. The van der Waals surface area contributed by atoms with Crippen LogP contribution in [0.4, 0.5) is 0 Å². The van der Waals surface area contributed by atoms with Crippen LogP contribution in [0.25, 0.3) is 0 Å². The molecule has 3 rings (SSSR count). The molecule has 170 valence electrons. The fourth-order valence-electron chi connectivity index (χ4n) is 3.29. The molecule has 1 fully saturated rings. The molecule has 0 radical (unpaired) electrons. The first-order valence-electron chi connectivity index (χ1n) is 10.3. The molecule has 0 aliphatic carbocycles. The third-order valence-corrected chi connectivity index (χ3v) is 4.85. The van der Waals surface area contributed by atoms with E-state index in [1.54, 1.807) is 6.26 Å². The summed E-state index contributed by atoms with van der Waals surface area (Å²) in [4.78, 5) is 20.3. The molecular weight excluding hydrogens is 511 g/mol. The molecule has 31 heavy (non-hydrogen) atoms. The van der Waals surface area contributed by atoms with Crippen LogP contribution in [-0.2, 0) is 17.8 Å². The number of aliphatic imine (C=N–C) groups is 1. The van der Waals surface area contributed by atoms with Crippen LogP contribution in [0.2, 0.25) is 0 Å². The van der Waals surface area contributed by atoms with Crippen molar-refractivity contribution < 1.29 is 14.1 Å². The minimum absolute atomic E-state index is 0. The minimum Gasteiger partial charge on any atom is -0.484 e. The van der Waals surface area contributed by atoms with Gasteiger partial charge >= 0.3 is 0 Å². The van der Waals surface area contributed by atoms with Crippen molar-refractivity contribution in [2.75, 3.05) is 45.9 Å². The SMILES string of the molecule is CCNC(=NCCc1ccc(OCC(N)=O)cc1)N1CCN(Cc2ccon2)CC1.I. The number of rotatable bonds is 9. The van der Waals surface area contributed by atoms with Gasteiger partial charge in [0.1, 0.15) is 12.0 Å². The molecule has 1 amide bonds. The summed E-state index contributed by atoms with van der Waals surface area (Å²) in [5.74, 6) is 1.11. The van der Waals surface area contributed by atoms with E-state index in [1.807, 2.05) is 30.3 Å². The number of halogens is 1. The number of benzene rings is 1. The smallest absolute Gasteiger partial charge is 0.255 e. The van der Waals surface area contributed by atoms with E-state index < -0.39 is 5.91 Å². The number of piperazine rings is 1. The zero-order chi connectivity index (χ0) is 21.2. The van der Waals surface area contributed by atoms with Gasteiger partial charge in [0.05, 0.1) is 5.69 Å². The number of aromatic nitrogens is 1. The molecule has 1 aliphatic rings. The Morgan fingerprint density at radius 3 is 2.58 bits per heavy atom. The van der Waals surface area contributed by atoms with Gasteiger partial charge < -0.3 is 25.2 Å². The molecule has 1 saturated heterocycles. The lowest BCUT2D eigenvalue weighted by molar-refractivity contribution is -0.119. The van der Waals surface area contributed by atoms with Crippen LogP contribution >= 0.6 is 24.0 Å². The quantitative estimate of drug-likeness (QED) is 0.281. The van der Waals surface area contributed by atoms with Crippen LogP contribution in [0, 0.1) is 0 Å². The minimum atomic E-state index is -0.483. The number of carbonyl (C=O) groups excluding carboxylic acids is 1. The van der Waals surface area contributed by atoms with E-state index in [0.29, 0.717) is 12.3 Å². The highest BCUT2D eigenvalue weighted by Gasteiger charge is 2.20. The van der Waals surface area contributed by atoms with Gasteiger partial charge in [-0.1, -0.05) is 17.3 Å². The molecule has 1 aliphatic heterocycles. The van der Waals surface area contributed by atoms with Crippen molar-refractivity contribution in [1.82, 2.24) is 20.3 Å². The Hall–Kier alpha value is -2.34. The average Bonchev–Trinajstić information content (AvgIpc) is 3.26. The van der Waals surface area contributed by atoms with Crippen LogP contribution in [-0.4, -0.2) is 72.7 Å². The number of hydrogen-bond donors (Lipinski definition) is 2. The lowest BCUT2D eigenvalue weighted by atomic mass is 10.1. The molecule has 0 unspecified atom stereocenters. The number of primary amides is 1. The first-order valence-corrected chi connectivity index (χ1v) is 10.3. The van der Waals surface area contributed by atoms with Crippen molar-refractivity contribution in [3.8, 4) is 5.75 Å². The molecule has 0 bridgehead atoms. The van der Waals surface area contributed by atoms with E-state index in [-0.39, 0.29) is 30.6 Å². The van der Waals surface area contributed by atoms with E-state index in [9.17, 15) is 4.79 Å². The first-order chi connectivity index (χ1) is 14.6. The highest BCUT2D eigenvalue weighted by Crippen LogP contribution is 2.13. The van der Waals surface area contributed by atoms with Gasteiger partial charge in [0.2, 0.25) is 0 Å². The van der Waals surface area contributed by atoms with Gasteiger partial charge in [-0.3, -0.25) is 14.7 Å². The largest absolute Gasteiger partial charge is 0.484 e. The maximum Gasteiger partial charge on any atom is 0.255 e. The molecule has 2 aromatic rings. The zero-order valence-electron chi connectivity index (χ0n) is 17.8. The average molecular weight is 542 g/mol. The number of hydrogen-bond acceptors (Lipinski definition) is 6. The number of nitrogens with two attached hydrogens (primary N) is 1. The summed E-state index contributed by atoms with van der Waals surface area (Å²) in [5.41, 5.74) is 7.22. The van der Waals surface area contributed by atoms with E-state index in [4.69, 9.17) is 20.0 Å². The van der Waals surface area contributed by atoms with Gasteiger partial charge in [-0.05, 0) is 31.0 Å². The molecule has 2 heterocycles. The summed E-state index contributed by atoms with van der Waals surface area (Å²) in [7, 11) is 0. The Bertz CT molecular complexity index is 805. The fraction of sp³-hybridized carbons (Fsp3) is 0.476. The third kappa shape index (κ3) is 8.37. The zero-order valence-corrected chi connectivity index (χ0v) is 20.2. The maximum absolute atomic E-state index is 10.8. The Labute approximate surface area is 200 Å². The molecule has 9 nitrogen and oxygen atoms in total. The Kier molecular flexibility index (Phi) is 10.6. The number of carbonyl (C=O) groups is 1. The first kappa shape index (κ1) is 24.9. The van der Waals surface area contributed by atoms with Crippen LogP contribution in [0.3, 0.4) is 0 Å². The second-order valence-corrected chi connectivity index (χ2v) is 7.14. The fourth-order valence-corrected chi connectivity index (χ4v) is 3.29. The lowest BCUT2D eigenvalue weighted by Crippen LogP contribution is -2.52. The predicted molar refractivity (Wildman–Crippen MR) is 130 cm³/mol.